The number of amides is 2. The molecule has 5 heteroatoms. The van der Waals surface area contributed by atoms with Crippen LogP contribution in [0.3, 0.4) is 0 Å². The van der Waals surface area contributed by atoms with Crippen LogP contribution in [0.1, 0.15) is 37.7 Å². The lowest BCUT2D eigenvalue weighted by atomic mass is 9.79. The van der Waals surface area contributed by atoms with Crippen molar-refractivity contribution < 1.29 is 9.59 Å². The Hall–Kier alpha value is -2.14. The molecule has 1 saturated heterocycles. The molecule has 2 heterocycles. The van der Waals surface area contributed by atoms with Crippen molar-refractivity contribution in [1.29, 1.82) is 0 Å². The highest BCUT2D eigenvalue weighted by molar-refractivity contribution is 7.13. The van der Waals surface area contributed by atoms with E-state index in [2.05, 4.69) is 41.8 Å². The van der Waals surface area contributed by atoms with Gasteiger partial charge >= 0.3 is 0 Å². The predicted octanol–water partition coefficient (Wildman–Crippen LogP) is 4.45. The summed E-state index contributed by atoms with van der Waals surface area (Å²) in [6.07, 6.45) is 6.21. The molecule has 0 bridgehead atoms. The molecule has 1 aliphatic heterocycles. The minimum Gasteiger partial charge on any atom is -0.348 e. The zero-order chi connectivity index (χ0) is 20.9. The van der Waals surface area contributed by atoms with Gasteiger partial charge in [-0.15, -0.1) is 11.3 Å². The Labute approximate surface area is 182 Å². The Morgan fingerprint density at radius 2 is 2.00 bits per heavy atom. The highest BCUT2D eigenvalue weighted by Gasteiger charge is 2.62. The molecule has 2 aromatic rings. The summed E-state index contributed by atoms with van der Waals surface area (Å²) in [5, 5.41) is 2.09. The highest BCUT2D eigenvalue weighted by Crippen LogP contribution is 2.66. The highest BCUT2D eigenvalue weighted by atomic mass is 32.1. The van der Waals surface area contributed by atoms with Gasteiger partial charge < -0.3 is 9.80 Å². The molecule has 0 unspecified atom stereocenters. The van der Waals surface area contributed by atoms with Crippen molar-refractivity contribution in [1.82, 2.24) is 9.80 Å². The fourth-order valence-corrected chi connectivity index (χ4v) is 6.42. The summed E-state index contributed by atoms with van der Waals surface area (Å²) in [7, 11) is 3.67. The number of hydrogen-bond donors (Lipinski definition) is 0. The zero-order valence-corrected chi connectivity index (χ0v) is 18.7. The fourth-order valence-electron chi connectivity index (χ4n) is 5.70. The monoisotopic (exact) mass is 422 g/mol. The Morgan fingerprint density at radius 3 is 2.63 bits per heavy atom. The molecule has 2 atom stereocenters. The molecule has 3 aliphatic rings. The van der Waals surface area contributed by atoms with E-state index in [0.717, 1.165) is 12.8 Å². The Balaban J connectivity index is 1.37. The first-order valence-corrected chi connectivity index (χ1v) is 11.9. The molecule has 2 amide bonds. The Morgan fingerprint density at radius 1 is 1.17 bits per heavy atom. The van der Waals surface area contributed by atoms with Crippen molar-refractivity contribution in [2.75, 3.05) is 27.2 Å². The SMILES string of the molecule is CN(C)C(=O)[C@]1(Cc2cccc(-c3cccs3)c2)CCN(C(=O)[C@H]2CC23CCC3)C1. The minimum atomic E-state index is -0.519. The minimum absolute atomic E-state index is 0.147. The normalized spacial score (nSPS) is 26.5. The van der Waals surface area contributed by atoms with Gasteiger partial charge in [-0.1, -0.05) is 36.8 Å². The first kappa shape index (κ1) is 19.8. The van der Waals surface area contributed by atoms with Crippen LogP contribution in [-0.4, -0.2) is 48.8 Å². The van der Waals surface area contributed by atoms with Gasteiger partial charge in [0.25, 0.3) is 0 Å². The molecule has 30 heavy (non-hydrogen) atoms. The van der Waals surface area contributed by atoms with Crippen LogP contribution in [0.15, 0.2) is 41.8 Å². The van der Waals surface area contributed by atoms with E-state index in [4.69, 9.17) is 0 Å². The average molecular weight is 423 g/mol. The maximum absolute atomic E-state index is 13.3. The average Bonchev–Trinajstić information content (AvgIpc) is 3.04. The maximum Gasteiger partial charge on any atom is 0.230 e. The molecule has 3 fully saturated rings. The molecule has 1 spiro atoms. The zero-order valence-electron chi connectivity index (χ0n) is 17.9. The molecule has 0 N–H and O–H groups in total. The van der Waals surface area contributed by atoms with Gasteiger partial charge in [0.2, 0.25) is 11.8 Å². The van der Waals surface area contributed by atoms with Gasteiger partial charge in [0, 0.05) is 38.0 Å². The fraction of sp³-hybridized carbons (Fsp3) is 0.520. The number of thiophene rings is 1. The Bertz CT molecular complexity index is 963. The third-order valence-electron chi connectivity index (χ3n) is 7.64. The smallest absolute Gasteiger partial charge is 0.230 e. The lowest BCUT2D eigenvalue weighted by Gasteiger charge is -2.32. The van der Waals surface area contributed by atoms with Gasteiger partial charge in [0.05, 0.1) is 5.41 Å². The molecule has 4 nitrogen and oxygen atoms in total. The summed E-state index contributed by atoms with van der Waals surface area (Å²) in [6.45, 7) is 1.26. The lowest BCUT2D eigenvalue weighted by molar-refractivity contribution is -0.140. The lowest BCUT2D eigenvalue weighted by Crippen LogP contribution is -2.45. The maximum atomic E-state index is 13.3. The van der Waals surface area contributed by atoms with E-state index in [9.17, 15) is 9.59 Å². The van der Waals surface area contributed by atoms with Gasteiger partial charge in [-0.2, -0.15) is 0 Å². The third kappa shape index (κ3) is 3.27. The number of carbonyl (C=O) groups is 2. The summed E-state index contributed by atoms with van der Waals surface area (Å²) < 4.78 is 0. The van der Waals surface area contributed by atoms with Crippen molar-refractivity contribution in [2.45, 2.75) is 38.5 Å². The van der Waals surface area contributed by atoms with Crippen LogP contribution >= 0.6 is 11.3 Å². The molecule has 1 aromatic heterocycles. The van der Waals surface area contributed by atoms with Crippen LogP contribution in [0.25, 0.3) is 10.4 Å². The van der Waals surface area contributed by atoms with Crippen LogP contribution in [0, 0.1) is 16.7 Å². The molecule has 0 radical (unpaired) electrons. The van der Waals surface area contributed by atoms with E-state index in [0.29, 0.717) is 30.8 Å². The van der Waals surface area contributed by atoms with Gasteiger partial charge in [-0.05, 0) is 60.1 Å². The summed E-state index contributed by atoms with van der Waals surface area (Å²) in [4.78, 5) is 31.4. The molecular formula is C25H30N2O2S. The van der Waals surface area contributed by atoms with Crippen molar-refractivity contribution in [3.8, 4) is 10.4 Å². The third-order valence-corrected chi connectivity index (χ3v) is 8.56. The number of carbonyl (C=O) groups excluding carboxylic acids is 2. The number of likely N-dealkylation sites (tertiary alicyclic amines) is 1. The van der Waals surface area contributed by atoms with Gasteiger partial charge in [0.15, 0.2) is 0 Å². The second-order valence-electron chi connectivity index (χ2n) is 9.82. The van der Waals surface area contributed by atoms with E-state index in [1.165, 1.54) is 35.3 Å². The molecule has 158 valence electrons. The van der Waals surface area contributed by atoms with Crippen molar-refractivity contribution in [3.63, 3.8) is 0 Å². The largest absolute Gasteiger partial charge is 0.348 e. The van der Waals surface area contributed by atoms with Crippen LogP contribution < -0.4 is 0 Å². The summed E-state index contributed by atoms with van der Waals surface area (Å²) >= 11 is 1.73. The summed E-state index contributed by atoms with van der Waals surface area (Å²) in [5.41, 5.74) is 2.19. The molecule has 1 aromatic carbocycles. The molecule has 5 rings (SSSR count). The van der Waals surface area contributed by atoms with Crippen molar-refractivity contribution >= 4 is 23.2 Å². The Kier molecular flexibility index (Phi) is 4.77. The standard InChI is InChI=1S/C25H30N2O2S/c1-26(2)23(29)25(15-18-6-3-7-19(14-18)21-8-4-13-30-21)11-12-27(17-25)22(28)20-16-24(20)9-5-10-24/h3-4,6-8,13-14,20H,5,9-12,15-17H2,1-2H3/t20-,25+/m1/s1. The first-order chi connectivity index (χ1) is 14.4. The van der Waals surface area contributed by atoms with Crippen LogP contribution in [0.5, 0.6) is 0 Å². The van der Waals surface area contributed by atoms with Gasteiger partial charge in [-0.3, -0.25) is 9.59 Å². The van der Waals surface area contributed by atoms with E-state index < -0.39 is 5.41 Å². The van der Waals surface area contributed by atoms with Gasteiger partial charge in [-0.25, -0.2) is 0 Å². The molecule has 2 saturated carbocycles. The number of hydrogen-bond acceptors (Lipinski definition) is 3. The molecular weight excluding hydrogens is 392 g/mol. The number of nitrogens with zero attached hydrogens (tertiary/aromatic N) is 2. The van der Waals surface area contributed by atoms with Crippen LogP contribution in [0.4, 0.5) is 0 Å². The van der Waals surface area contributed by atoms with Crippen molar-refractivity contribution in [3.05, 3.63) is 47.3 Å². The van der Waals surface area contributed by atoms with Crippen LogP contribution in [-0.2, 0) is 16.0 Å². The van der Waals surface area contributed by atoms with Crippen LogP contribution in [0.2, 0.25) is 0 Å². The number of benzene rings is 1. The topological polar surface area (TPSA) is 40.6 Å². The number of rotatable bonds is 5. The quantitative estimate of drug-likeness (QED) is 0.714. The van der Waals surface area contributed by atoms with E-state index in [-0.39, 0.29) is 11.8 Å². The van der Waals surface area contributed by atoms with E-state index in [1.54, 1.807) is 16.2 Å². The van der Waals surface area contributed by atoms with E-state index >= 15 is 0 Å². The molecule has 2 aliphatic carbocycles. The van der Waals surface area contributed by atoms with Gasteiger partial charge in [0.1, 0.15) is 0 Å². The predicted molar refractivity (Wildman–Crippen MR) is 120 cm³/mol. The van der Waals surface area contributed by atoms with Crippen molar-refractivity contribution in [2.24, 2.45) is 16.7 Å². The second kappa shape index (κ2) is 7.23. The second-order valence-corrected chi connectivity index (χ2v) is 10.8. The summed E-state index contributed by atoms with van der Waals surface area (Å²) in [6, 6.07) is 12.7. The first-order valence-electron chi connectivity index (χ1n) is 11.1. The van der Waals surface area contributed by atoms with E-state index in [1.807, 2.05) is 19.0 Å². The summed E-state index contributed by atoms with van der Waals surface area (Å²) in [5.74, 6) is 0.669.